The third kappa shape index (κ3) is 2.59. The van der Waals surface area contributed by atoms with Gasteiger partial charge in [-0.2, -0.15) is 0 Å². The summed E-state index contributed by atoms with van der Waals surface area (Å²) < 4.78 is 0. The van der Waals surface area contributed by atoms with Gasteiger partial charge in [-0.3, -0.25) is 0 Å². The van der Waals surface area contributed by atoms with Gasteiger partial charge in [-0.15, -0.1) is 0 Å². The largest absolute Gasteiger partial charge is 0.353 e. The van der Waals surface area contributed by atoms with Crippen LogP contribution in [0.2, 0.25) is 0 Å². The molecule has 2 heterocycles. The summed E-state index contributed by atoms with van der Waals surface area (Å²) in [4.78, 5) is 11.6. The van der Waals surface area contributed by atoms with Gasteiger partial charge in [0.25, 0.3) is 0 Å². The Labute approximate surface area is 120 Å². The van der Waals surface area contributed by atoms with E-state index in [0.29, 0.717) is 6.04 Å². The zero-order valence-electron chi connectivity index (χ0n) is 12.3. The molecule has 1 aliphatic carbocycles. The minimum atomic E-state index is 0.669. The number of nitrogen functional groups attached to an aromatic ring is 1. The highest BCUT2D eigenvalue weighted by Gasteiger charge is 2.34. The van der Waals surface area contributed by atoms with Gasteiger partial charge in [-0.1, -0.05) is 19.8 Å². The summed E-state index contributed by atoms with van der Waals surface area (Å²) in [6, 6.07) is 2.67. The fraction of sp³-hybridized carbons (Fsp3) is 0.733. The quantitative estimate of drug-likeness (QED) is 0.655. The summed E-state index contributed by atoms with van der Waals surface area (Å²) in [6.45, 7) is 3.20. The molecule has 1 aromatic rings. The van der Waals surface area contributed by atoms with Crippen molar-refractivity contribution < 1.29 is 0 Å². The number of hydrogen-bond acceptors (Lipinski definition) is 5. The highest BCUT2D eigenvalue weighted by Crippen LogP contribution is 2.37. The second-order valence-corrected chi connectivity index (χ2v) is 5.97. The van der Waals surface area contributed by atoms with Gasteiger partial charge in [0.2, 0.25) is 0 Å². The highest BCUT2D eigenvalue weighted by molar-refractivity contribution is 5.50. The molecule has 1 saturated carbocycles. The van der Waals surface area contributed by atoms with Crippen LogP contribution in [0.3, 0.4) is 0 Å². The molecule has 3 rings (SSSR count). The lowest BCUT2D eigenvalue weighted by Crippen LogP contribution is -2.47. The van der Waals surface area contributed by atoms with Crippen molar-refractivity contribution in [2.24, 2.45) is 11.8 Å². The van der Waals surface area contributed by atoms with Gasteiger partial charge in [-0.05, 0) is 31.6 Å². The molecule has 1 aliphatic heterocycles. The van der Waals surface area contributed by atoms with Gasteiger partial charge >= 0.3 is 0 Å². The molecule has 0 radical (unpaired) electrons. The fourth-order valence-electron chi connectivity index (χ4n) is 3.77. The van der Waals surface area contributed by atoms with Crippen molar-refractivity contribution in [1.82, 2.24) is 9.97 Å². The first-order chi connectivity index (χ1) is 9.81. The van der Waals surface area contributed by atoms with Crippen LogP contribution in [0.25, 0.3) is 0 Å². The Bertz CT molecular complexity index is 437. The Kier molecular flexibility index (Phi) is 4.05. The molecule has 1 saturated heterocycles. The number of nitrogens with two attached hydrogens (primary N) is 1. The standard InChI is InChI=1S/C15H25N5/c1-2-13-17-14(19-16)10-15(18-13)20-9-5-7-11-6-3-4-8-12(11)20/h10-12H,2-9,16H2,1H3,(H,17,18,19)/t11-,12-/m1/s1. The first-order valence-corrected chi connectivity index (χ1v) is 7.93. The van der Waals surface area contributed by atoms with E-state index < -0.39 is 0 Å². The maximum atomic E-state index is 5.54. The molecule has 5 heteroatoms. The average Bonchev–Trinajstić information content (AvgIpc) is 2.53. The van der Waals surface area contributed by atoms with E-state index in [1.54, 1.807) is 0 Å². The van der Waals surface area contributed by atoms with Crippen LogP contribution in [-0.4, -0.2) is 22.6 Å². The summed E-state index contributed by atoms with van der Waals surface area (Å²) in [5.74, 6) is 9.05. The third-order valence-electron chi connectivity index (χ3n) is 4.76. The monoisotopic (exact) mass is 275 g/mol. The zero-order valence-corrected chi connectivity index (χ0v) is 12.3. The Morgan fingerprint density at radius 3 is 2.85 bits per heavy atom. The number of rotatable bonds is 3. The van der Waals surface area contributed by atoms with Gasteiger partial charge in [0.1, 0.15) is 17.5 Å². The summed E-state index contributed by atoms with van der Waals surface area (Å²) in [6.07, 6.45) is 8.94. The number of aryl methyl sites for hydroxylation is 1. The zero-order chi connectivity index (χ0) is 13.9. The molecule has 0 bridgehead atoms. The first kappa shape index (κ1) is 13.6. The van der Waals surface area contributed by atoms with E-state index in [9.17, 15) is 0 Å². The smallest absolute Gasteiger partial charge is 0.145 e. The Hall–Kier alpha value is -1.36. The summed E-state index contributed by atoms with van der Waals surface area (Å²) in [5, 5.41) is 0. The molecule has 5 nitrogen and oxygen atoms in total. The molecule has 1 aromatic heterocycles. The lowest BCUT2D eigenvalue weighted by atomic mass is 9.78. The molecule has 2 atom stereocenters. The van der Waals surface area contributed by atoms with Crippen molar-refractivity contribution in [2.75, 3.05) is 16.9 Å². The summed E-state index contributed by atoms with van der Waals surface area (Å²) >= 11 is 0. The van der Waals surface area contributed by atoms with Crippen molar-refractivity contribution in [3.05, 3.63) is 11.9 Å². The Balaban J connectivity index is 1.90. The number of fused-ring (bicyclic) bond motifs is 1. The van der Waals surface area contributed by atoms with E-state index in [2.05, 4.69) is 22.2 Å². The Morgan fingerprint density at radius 1 is 1.25 bits per heavy atom. The topological polar surface area (TPSA) is 67.1 Å². The van der Waals surface area contributed by atoms with Crippen LogP contribution in [0, 0.1) is 5.92 Å². The fourth-order valence-corrected chi connectivity index (χ4v) is 3.77. The van der Waals surface area contributed by atoms with Gasteiger partial charge < -0.3 is 10.3 Å². The molecule has 2 aliphatic rings. The highest BCUT2D eigenvalue weighted by atomic mass is 15.3. The van der Waals surface area contributed by atoms with Crippen molar-refractivity contribution in [3.8, 4) is 0 Å². The number of hydrazine groups is 1. The molecular formula is C15H25N5. The van der Waals surface area contributed by atoms with E-state index in [4.69, 9.17) is 10.8 Å². The lowest BCUT2D eigenvalue weighted by Gasteiger charge is -2.44. The van der Waals surface area contributed by atoms with Crippen LogP contribution in [0.1, 0.15) is 51.3 Å². The molecular weight excluding hydrogens is 250 g/mol. The molecule has 0 unspecified atom stereocenters. The lowest BCUT2D eigenvalue weighted by molar-refractivity contribution is 0.242. The molecule has 2 fully saturated rings. The van der Waals surface area contributed by atoms with Crippen LogP contribution >= 0.6 is 0 Å². The number of nitrogens with one attached hydrogen (secondary N) is 1. The Morgan fingerprint density at radius 2 is 2.05 bits per heavy atom. The number of nitrogens with zero attached hydrogens (tertiary/aromatic N) is 3. The van der Waals surface area contributed by atoms with Crippen molar-refractivity contribution >= 4 is 11.6 Å². The number of aromatic nitrogens is 2. The van der Waals surface area contributed by atoms with E-state index in [-0.39, 0.29) is 0 Å². The van der Waals surface area contributed by atoms with Gasteiger partial charge in [0.05, 0.1) is 0 Å². The predicted octanol–water partition coefficient (Wildman–Crippen LogP) is 2.48. The number of hydrogen-bond donors (Lipinski definition) is 2. The number of piperidine rings is 1. The van der Waals surface area contributed by atoms with Crippen LogP contribution in [-0.2, 0) is 6.42 Å². The van der Waals surface area contributed by atoms with Crippen LogP contribution in [0.15, 0.2) is 6.07 Å². The van der Waals surface area contributed by atoms with Crippen LogP contribution in [0.5, 0.6) is 0 Å². The van der Waals surface area contributed by atoms with Crippen LogP contribution in [0.4, 0.5) is 11.6 Å². The molecule has 0 aromatic carbocycles. The molecule has 0 amide bonds. The van der Waals surface area contributed by atoms with Crippen molar-refractivity contribution in [3.63, 3.8) is 0 Å². The first-order valence-electron chi connectivity index (χ1n) is 7.93. The summed E-state index contributed by atoms with van der Waals surface area (Å²) in [5.41, 5.74) is 2.68. The van der Waals surface area contributed by atoms with E-state index in [1.165, 1.54) is 38.5 Å². The van der Waals surface area contributed by atoms with Crippen LogP contribution < -0.4 is 16.2 Å². The molecule has 20 heavy (non-hydrogen) atoms. The predicted molar refractivity (Wildman–Crippen MR) is 81.5 cm³/mol. The number of anilines is 2. The average molecular weight is 275 g/mol. The van der Waals surface area contributed by atoms with E-state index in [1.807, 2.05) is 6.07 Å². The second kappa shape index (κ2) is 5.95. The normalized spacial score (nSPS) is 26.2. The van der Waals surface area contributed by atoms with Crippen molar-refractivity contribution in [1.29, 1.82) is 0 Å². The minimum absolute atomic E-state index is 0.669. The van der Waals surface area contributed by atoms with Gasteiger partial charge in [-0.25, -0.2) is 15.8 Å². The van der Waals surface area contributed by atoms with Gasteiger partial charge in [0, 0.05) is 25.1 Å². The second-order valence-electron chi connectivity index (χ2n) is 5.97. The van der Waals surface area contributed by atoms with E-state index >= 15 is 0 Å². The van der Waals surface area contributed by atoms with E-state index in [0.717, 1.165) is 36.3 Å². The maximum absolute atomic E-state index is 5.54. The maximum Gasteiger partial charge on any atom is 0.145 e. The molecule has 3 N–H and O–H groups in total. The SMILES string of the molecule is CCc1nc(NN)cc(N2CCC[C@H]3CCCC[C@H]32)n1. The summed E-state index contributed by atoms with van der Waals surface area (Å²) in [7, 11) is 0. The van der Waals surface area contributed by atoms with Crippen molar-refractivity contribution in [2.45, 2.75) is 57.9 Å². The molecule has 110 valence electrons. The third-order valence-corrected chi connectivity index (χ3v) is 4.76. The minimum Gasteiger partial charge on any atom is -0.353 e. The molecule has 0 spiro atoms. The van der Waals surface area contributed by atoms with Gasteiger partial charge in [0.15, 0.2) is 0 Å².